The molecule has 0 aliphatic rings. The van der Waals surface area contributed by atoms with Crippen molar-refractivity contribution in [3.05, 3.63) is 207 Å². The van der Waals surface area contributed by atoms with Crippen LogP contribution in [-0.2, 0) is 66.4 Å². The first-order valence-corrected chi connectivity index (χ1v) is 20.3. The standard InChI is InChI=1S/C54H33N6S.Pt.Y/c61-50-34-49-48(57-52(58-49)40-15-8-3-9-16-40)33-46(50)53-59-51-45(42-17-10-18-43(31-42)47-32-41(27-29-55-47)36-13-6-2-7-14-36)28-30-56-54(51)60(53)44-25-23-39(24-26-44)38-21-19-37(20-22-38)35-11-4-1-5-12-35;;/h1-15,17-30,32-34H,(H-,57,58,59,61);;/q-3;+2;/p-1. The van der Waals surface area contributed by atoms with Gasteiger partial charge in [-0.1, -0.05) is 126 Å². The van der Waals surface area contributed by atoms with Crippen LogP contribution in [0.15, 0.2) is 199 Å². The smallest absolute Gasteiger partial charge is 0.779 e. The minimum absolute atomic E-state index is 0. The van der Waals surface area contributed by atoms with Crippen LogP contribution in [0.5, 0.6) is 0 Å². The van der Waals surface area contributed by atoms with Gasteiger partial charge < -0.3 is 22.6 Å². The molecule has 4 aromatic heterocycles. The number of benzene rings is 7. The molecule has 0 N–H and O–H groups in total. The van der Waals surface area contributed by atoms with Gasteiger partial charge in [-0.15, -0.1) is 66.0 Å². The molecule has 11 aromatic rings. The summed E-state index contributed by atoms with van der Waals surface area (Å²) in [4.78, 5) is 25.5. The Morgan fingerprint density at radius 3 is 1.84 bits per heavy atom. The van der Waals surface area contributed by atoms with Crippen molar-refractivity contribution in [1.82, 2.24) is 29.5 Å². The van der Waals surface area contributed by atoms with Crippen molar-refractivity contribution in [1.29, 1.82) is 0 Å². The molecule has 0 atom stereocenters. The summed E-state index contributed by atoms with van der Waals surface area (Å²) >= 11 is 6.11. The summed E-state index contributed by atoms with van der Waals surface area (Å²) in [6, 6.07) is 68.8. The fraction of sp³-hybridized carbons (Fsp3) is 0. The van der Waals surface area contributed by atoms with Gasteiger partial charge in [-0.25, -0.2) is 9.97 Å². The van der Waals surface area contributed by atoms with Gasteiger partial charge in [0.1, 0.15) is 5.82 Å². The molecule has 4 heterocycles. The Hall–Kier alpha value is -6.21. The summed E-state index contributed by atoms with van der Waals surface area (Å²) in [7, 11) is 0. The van der Waals surface area contributed by atoms with E-state index in [9.17, 15) is 0 Å². The molecule has 1 radical (unpaired) electrons. The maximum atomic E-state index is 6.11. The Morgan fingerprint density at radius 2 is 1.14 bits per heavy atom. The first-order chi connectivity index (χ1) is 30.1. The van der Waals surface area contributed by atoms with E-state index in [4.69, 9.17) is 37.5 Å². The monoisotopic (exact) mass is 1080 g/mol. The third-order valence-electron chi connectivity index (χ3n) is 10.9. The predicted molar refractivity (Wildman–Crippen MR) is 247 cm³/mol. The Balaban J connectivity index is 0.00000252. The van der Waals surface area contributed by atoms with Crippen LogP contribution in [0, 0.1) is 12.1 Å². The molecule has 63 heavy (non-hydrogen) atoms. The van der Waals surface area contributed by atoms with E-state index in [-0.39, 0.29) is 53.8 Å². The molecule has 0 aliphatic carbocycles. The Bertz CT molecular complexity index is 3360. The van der Waals surface area contributed by atoms with E-state index >= 15 is 0 Å². The first-order valence-electron chi connectivity index (χ1n) is 19.9. The average Bonchev–Trinajstić information content (AvgIpc) is 3.94. The molecule has 9 heteroatoms. The van der Waals surface area contributed by atoms with Gasteiger partial charge in [-0.3, -0.25) is 9.55 Å². The zero-order valence-corrected chi connectivity index (χ0v) is 39.4. The topological polar surface area (TPSA) is 70.6 Å². The zero-order valence-electron chi connectivity index (χ0n) is 33.5. The van der Waals surface area contributed by atoms with Crippen LogP contribution in [0.25, 0.3) is 106 Å². The van der Waals surface area contributed by atoms with E-state index in [0.717, 1.165) is 78.0 Å². The number of aromatic nitrogens is 6. The summed E-state index contributed by atoms with van der Waals surface area (Å²) in [5, 5.41) is 0. The molecular formula is C54H32N6PtSY-2. The van der Waals surface area contributed by atoms with Crippen LogP contribution in [-0.4, -0.2) is 24.5 Å². The molecule has 0 aliphatic heterocycles. The normalized spacial score (nSPS) is 11.0. The number of imidazole rings is 2. The molecular weight excluding hydrogens is 1050 g/mol. The quantitative estimate of drug-likeness (QED) is 0.112. The number of hydrogen-bond donors (Lipinski definition) is 0. The minimum atomic E-state index is 0. The van der Waals surface area contributed by atoms with Crippen LogP contribution in [0.4, 0.5) is 0 Å². The van der Waals surface area contributed by atoms with Crippen molar-refractivity contribution < 1.29 is 53.8 Å². The summed E-state index contributed by atoms with van der Waals surface area (Å²) in [5.41, 5.74) is 15.6. The number of nitrogens with zero attached hydrogens (tertiary/aromatic N) is 6. The van der Waals surface area contributed by atoms with Gasteiger partial charge in [0.15, 0.2) is 5.65 Å². The van der Waals surface area contributed by atoms with E-state index in [1.54, 1.807) is 0 Å². The third kappa shape index (κ3) is 8.26. The summed E-state index contributed by atoms with van der Waals surface area (Å²) in [6.07, 6.45) is 3.68. The zero-order chi connectivity index (χ0) is 40.7. The van der Waals surface area contributed by atoms with Gasteiger partial charge in [-0.05, 0) is 74.2 Å². The average molecular weight is 1080 g/mol. The Labute approximate surface area is 410 Å². The first kappa shape index (κ1) is 42.1. The summed E-state index contributed by atoms with van der Waals surface area (Å²) in [6.45, 7) is 0. The number of pyridine rings is 2. The van der Waals surface area contributed by atoms with Gasteiger partial charge in [0, 0.05) is 56.5 Å². The Morgan fingerprint density at radius 1 is 0.524 bits per heavy atom. The molecule has 0 amide bonds. The van der Waals surface area contributed by atoms with Crippen molar-refractivity contribution in [3.63, 3.8) is 0 Å². The molecule has 0 fully saturated rings. The molecule has 0 spiro atoms. The number of hydrogen-bond acceptors (Lipinski definition) is 5. The summed E-state index contributed by atoms with van der Waals surface area (Å²) in [5.74, 6) is 1.26. The van der Waals surface area contributed by atoms with Crippen molar-refractivity contribution in [2.75, 3.05) is 0 Å². The van der Waals surface area contributed by atoms with E-state index in [2.05, 4.69) is 114 Å². The van der Waals surface area contributed by atoms with Gasteiger partial charge in [0.2, 0.25) is 0 Å². The fourth-order valence-corrected chi connectivity index (χ4v) is 8.15. The van der Waals surface area contributed by atoms with Gasteiger partial charge in [0.05, 0.1) is 5.52 Å². The molecule has 0 unspecified atom stereocenters. The molecule has 299 valence electrons. The second kappa shape index (κ2) is 18.3. The maximum absolute atomic E-state index is 6.11. The van der Waals surface area contributed by atoms with Gasteiger partial charge in [-0.2, -0.15) is 10.5 Å². The van der Waals surface area contributed by atoms with E-state index in [0.29, 0.717) is 22.2 Å². The predicted octanol–water partition coefficient (Wildman–Crippen LogP) is 12.5. The van der Waals surface area contributed by atoms with Crippen molar-refractivity contribution in [2.45, 2.75) is 4.90 Å². The van der Waals surface area contributed by atoms with Crippen molar-refractivity contribution in [3.8, 4) is 84.2 Å². The second-order valence-corrected chi connectivity index (χ2v) is 15.2. The van der Waals surface area contributed by atoms with Gasteiger partial charge >= 0.3 is 21.1 Å². The molecule has 6 nitrogen and oxygen atoms in total. The third-order valence-corrected chi connectivity index (χ3v) is 11.3. The summed E-state index contributed by atoms with van der Waals surface area (Å²) < 4.78 is 2.09. The van der Waals surface area contributed by atoms with E-state index < -0.39 is 0 Å². The SMILES string of the molecule is [Pt+2].[S-]c1cc2[n-]c(-c3[c-]cccc3)nc2cc1-c1nc2c(-c3[c-]c(-c4cc(-c5ccccc5)ccn4)ccc3)ccnc2n1-c1ccc(-c2ccc(-c3ccccc3)cc2)cc1.[Y]. The van der Waals surface area contributed by atoms with Crippen LogP contribution >= 0.6 is 0 Å². The molecule has 0 bridgehead atoms. The fourth-order valence-electron chi connectivity index (χ4n) is 7.89. The van der Waals surface area contributed by atoms with Crippen LogP contribution in [0.2, 0.25) is 0 Å². The molecule has 0 saturated carbocycles. The Kier molecular flexibility index (Phi) is 12.2. The molecule has 11 rings (SSSR count). The van der Waals surface area contributed by atoms with E-state index in [1.165, 1.54) is 11.1 Å². The second-order valence-electron chi connectivity index (χ2n) is 14.7. The molecule has 0 saturated heterocycles. The largest absolute Gasteiger partial charge is 2.00 e. The van der Waals surface area contributed by atoms with Crippen LogP contribution < -0.4 is 4.98 Å². The number of rotatable bonds is 8. The van der Waals surface area contributed by atoms with Crippen molar-refractivity contribution in [2.24, 2.45) is 0 Å². The van der Waals surface area contributed by atoms with Crippen molar-refractivity contribution >= 4 is 34.8 Å². The van der Waals surface area contributed by atoms with Crippen LogP contribution in [0.3, 0.4) is 0 Å². The van der Waals surface area contributed by atoms with E-state index in [1.807, 2.05) is 97.3 Å². The number of fused-ring (bicyclic) bond motifs is 2. The van der Waals surface area contributed by atoms with Crippen LogP contribution in [0.1, 0.15) is 0 Å². The van der Waals surface area contributed by atoms with Gasteiger partial charge in [0.25, 0.3) is 0 Å². The molecule has 7 aromatic carbocycles. The minimum Gasteiger partial charge on any atom is -0.779 e. The maximum Gasteiger partial charge on any atom is 2.00 e.